The summed E-state index contributed by atoms with van der Waals surface area (Å²) in [5.74, 6) is 0.131. The zero-order valence-electron chi connectivity index (χ0n) is 13.5. The lowest BCUT2D eigenvalue weighted by molar-refractivity contribution is -0.114. The molecule has 0 aromatic heterocycles. The monoisotopic (exact) mass is 312 g/mol. The number of amides is 2. The van der Waals surface area contributed by atoms with Gasteiger partial charge in [0.2, 0.25) is 5.91 Å². The van der Waals surface area contributed by atoms with Crippen LogP contribution >= 0.6 is 0 Å². The van der Waals surface area contributed by atoms with Crippen LogP contribution in [0.1, 0.15) is 29.8 Å². The van der Waals surface area contributed by atoms with Crippen LogP contribution in [0.2, 0.25) is 0 Å². The van der Waals surface area contributed by atoms with Crippen molar-refractivity contribution in [2.45, 2.75) is 20.8 Å². The zero-order valence-corrected chi connectivity index (χ0v) is 13.5. The molecule has 2 amide bonds. The maximum atomic E-state index is 12.4. The van der Waals surface area contributed by atoms with E-state index in [2.05, 4.69) is 10.6 Å². The number of carbonyl (C=O) groups excluding carboxylic acids is 2. The number of anilines is 2. The van der Waals surface area contributed by atoms with Crippen LogP contribution in [0.15, 0.2) is 42.5 Å². The predicted molar refractivity (Wildman–Crippen MR) is 91.0 cm³/mol. The molecule has 23 heavy (non-hydrogen) atoms. The Labute approximate surface area is 135 Å². The van der Waals surface area contributed by atoms with Gasteiger partial charge in [-0.2, -0.15) is 0 Å². The number of ether oxygens (including phenoxy) is 1. The van der Waals surface area contributed by atoms with Crippen molar-refractivity contribution in [1.29, 1.82) is 0 Å². The van der Waals surface area contributed by atoms with Crippen molar-refractivity contribution < 1.29 is 14.3 Å². The van der Waals surface area contributed by atoms with Gasteiger partial charge in [0, 0.05) is 18.3 Å². The van der Waals surface area contributed by atoms with Gasteiger partial charge >= 0.3 is 0 Å². The van der Waals surface area contributed by atoms with E-state index in [1.807, 2.05) is 26.0 Å². The van der Waals surface area contributed by atoms with Crippen molar-refractivity contribution in [3.05, 3.63) is 53.6 Å². The number of rotatable bonds is 5. The quantitative estimate of drug-likeness (QED) is 0.886. The molecule has 2 N–H and O–H groups in total. The molecule has 0 spiro atoms. The number of hydrogen-bond donors (Lipinski definition) is 2. The van der Waals surface area contributed by atoms with Gasteiger partial charge < -0.3 is 15.4 Å². The Kier molecular flexibility index (Phi) is 5.36. The lowest BCUT2D eigenvalue weighted by Crippen LogP contribution is -2.14. The molecular weight excluding hydrogens is 292 g/mol. The van der Waals surface area contributed by atoms with Gasteiger partial charge in [0.05, 0.1) is 12.2 Å². The van der Waals surface area contributed by atoms with Crippen LogP contribution in [0.3, 0.4) is 0 Å². The Morgan fingerprint density at radius 2 is 1.83 bits per heavy atom. The van der Waals surface area contributed by atoms with E-state index in [0.29, 0.717) is 29.3 Å². The third kappa shape index (κ3) is 4.32. The van der Waals surface area contributed by atoms with Crippen molar-refractivity contribution in [3.63, 3.8) is 0 Å². The van der Waals surface area contributed by atoms with Crippen LogP contribution in [-0.2, 0) is 4.79 Å². The minimum absolute atomic E-state index is 0.154. The first kappa shape index (κ1) is 16.5. The summed E-state index contributed by atoms with van der Waals surface area (Å²) < 4.78 is 5.47. The van der Waals surface area contributed by atoms with Crippen LogP contribution in [0, 0.1) is 6.92 Å². The summed E-state index contributed by atoms with van der Waals surface area (Å²) in [4.78, 5) is 23.7. The van der Waals surface area contributed by atoms with E-state index in [0.717, 1.165) is 5.56 Å². The SMILES string of the molecule is CCOc1ccccc1C(=O)Nc1ccc(C)c(NC(C)=O)c1. The van der Waals surface area contributed by atoms with Crippen LogP contribution < -0.4 is 15.4 Å². The van der Waals surface area contributed by atoms with Crippen LogP contribution in [0.4, 0.5) is 11.4 Å². The molecule has 0 unspecified atom stereocenters. The maximum absolute atomic E-state index is 12.4. The van der Waals surface area contributed by atoms with E-state index in [1.54, 1.807) is 30.3 Å². The second-order valence-corrected chi connectivity index (χ2v) is 5.09. The smallest absolute Gasteiger partial charge is 0.259 e. The first-order valence-electron chi connectivity index (χ1n) is 7.42. The van der Waals surface area contributed by atoms with Crippen molar-refractivity contribution in [2.75, 3.05) is 17.2 Å². The van der Waals surface area contributed by atoms with Gasteiger partial charge in [0.15, 0.2) is 0 Å². The molecule has 0 radical (unpaired) electrons. The summed E-state index contributed by atoms with van der Waals surface area (Å²) >= 11 is 0. The number of aryl methyl sites for hydroxylation is 1. The summed E-state index contributed by atoms with van der Waals surface area (Å²) in [5.41, 5.74) is 2.67. The number of nitrogens with one attached hydrogen (secondary N) is 2. The second-order valence-electron chi connectivity index (χ2n) is 5.09. The molecular formula is C18H20N2O3. The van der Waals surface area contributed by atoms with Gasteiger partial charge in [-0.15, -0.1) is 0 Å². The lowest BCUT2D eigenvalue weighted by atomic mass is 10.1. The molecule has 2 rings (SSSR count). The summed E-state index contributed by atoms with van der Waals surface area (Å²) in [6.45, 7) is 5.69. The molecule has 120 valence electrons. The lowest BCUT2D eigenvalue weighted by Gasteiger charge is -2.12. The van der Waals surface area contributed by atoms with E-state index < -0.39 is 0 Å². The highest BCUT2D eigenvalue weighted by Crippen LogP contribution is 2.23. The molecule has 0 saturated carbocycles. The van der Waals surface area contributed by atoms with Gasteiger partial charge in [0.1, 0.15) is 5.75 Å². The number of benzene rings is 2. The van der Waals surface area contributed by atoms with Gasteiger partial charge in [-0.3, -0.25) is 9.59 Å². The summed E-state index contributed by atoms with van der Waals surface area (Å²) in [6, 6.07) is 12.5. The Bertz CT molecular complexity index is 726. The average molecular weight is 312 g/mol. The summed E-state index contributed by atoms with van der Waals surface area (Å²) in [7, 11) is 0. The molecule has 0 aliphatic carbocycles. The van der Waals surface area contributed by atoms with Crippen molar-refractivity contribution in [2.24, 2.45) is 0 Å². The predicted octanol–water partition coefficient (Wildman–Crippen LogP) is 3.60. The minimum Gasteiger partial charge on any atom is -0.493 e. The normalized spacial score (nSPS) is 10.0. The number of hydrogen-bond acceptors (Lipinski definition) is 3. The molecule has 0 aliphatic rings. The van der Waals surface area contributed by atoms with Crippen molar-refractivity contribution >= 4 is 23.2 Å². The average Bonchev–Trinajstić information content (AvgIpc) is 2.51. The molecule has 0 heterocycles. The Morgan fingerprint density at radius 3 is 2.52 bits per heavy atom. The maximum Gasteiger partial charge on any atom is 0.259 e. The molecule has 0 atom stereocenters. The van der Waals surface area contributed by atoms with E-state index in [1.165, 1.54) is 6.92 Å². The highest BCUT2D eigenvalue weighted by Gasteiger charge is 2.12. The molecule has 0 bridgehead atoms. The molecule has 0 aliphatic heterocycles. The second kappa shape index (κ2) is 7.45. The first-order chi connectivity index (χ1) is 11.0. The minimum atomic E-state index is -0.258. The van der Waals surface area contributed by atoms with Gasteiger partial charge in [-0.05, 0) is 43.7 Å². The van der Waals surface area contributed by atoms with E-state index >= 15 is 0 Å². The molecule has 2 aromatic rings. The first-order valence-corrected chi connectivity index (χ1v) is 7.42. The van der Waals surface area contributed by atoms with Gasteiger partial charge in [-0.25, -0.2) is 0 Å². The Morgan fingerprint density at radius 1 is 1.09 bits per heavy atom. The number of para-hydroxylation sites is 1. The van der Waals surface area contributed by atoms with Gasteiger partial charge in [-0.1, -0.05) is 18.2 Å². The fourth-order valence-electron chi connectivity index (χ4n) is 2.16. The van der Waals surface area contributed by atoms with Crippen LogP contribution in [0.5, 0.6) is 5.75 Å². The highest BCUT2D eigenvalue weighted by molar-refractivity contribution is 6.06. The molecule has 2 aromatic carbocycles. The Hall–Kier alpha value is -2.82. The zero-order chi connectivity index (χ0) is 16.8. The summed E-state index contributed by atoms with van der Waals surface area (Å²) in [6.07, 6.45) is 0. The van der Waals surface area contributed by atoms with E-state index in [4.69, 9.17) is 4.74 Å². The number of carbonyl (C=O) groups is 2. The molecule has 0 saturated heterocycles. The van der Waals surface area contributed by atoms with E-state index in [-0.39, 0.29) is 11.8 Å². The Balaban J connectivity index is 2.22. The summed E-state index contributed by atoms with van der Waals surface area (Å²) in [5, 5.41) is 5.57. The van der Waals surface area contributed by atoms with Crippen molar-refractivity contribution in [3.8, 4) is 5.75 Å². The van der Waals surface area contributed by atoms with Crippen LogP contribution in [0.25, 0.3) is 0 Å². The highest BCUT2D eigenvalue weighted by atomic mass is 16.5. The van der Waals surface area contributed by atoms with Gasteiger partial charge in [0.25, 0.3) is 5.91 Å². The molecule has 0 fully saturated rings. The largest absolute Gasteiger partial charge is 0.493 e. The topological polar surface area (TPSA) is 67.4 Å². The standard InChI is InChI=1S/C18H20N2O3/c1-4-23-17-8-6-5-7-15(17)18(22)20-14-10-9-12(2)16(11-14)19-13(3)21/h5-11H,4H2,1-3H3,(H,19,21)(H,20,22). The fourth-order valence-corrected chi connectivity index (χ4v) is 2.16. The molecule has 5 heteroatoms. The van der Waals surface area contributed by atoms with Crippen LogP contribution in [-0.4, -0.2) is 18.4 Å². The third-order valence-electron chi connectivity index (χ3n) is 3.24. The third-order valence-corrected chi connectivity index (χ3v) is 3.24. The fraction of sp³-hybridized carbons (Fsp3) is 0.222. The van der Waals surface area contributed by atoms with Crippen molar-refractivity contribution in [1.82, 2.24) is 0 Å². The van der Waals surface area contributed by atoms with E-state index in [9.17, 15) is 9.59 Å². The molecule has 5 nitrogen and oxygen atoms in total.